The van der Waals surface area contributed by atoms with Crippen molar-refractivity contribution in [3.8, 4) is 5.75 Å². The van der Waals surface area contributed by atoms with E-state index in [1.54, 1.807) is 48.7 Å². The molecule has 1 aliphatic rings. The average molecular weight is 384 g/mol. The summed E-state index contributed by atoms with van der Waals surface area (Å²) >= 11 is 6.14. The van der Waals surface area contributed by atoms with E-state index in [1.807, 2.05) is 6.07 Å². The molecule has 1 aromatic heterocycles. The van der Waals surface area contributed by atoms with Gasteiger partial charge in [0.1, 0.15) is 11.8 Å². The SMILES string of the molecule is O=C1NC(Cc2c[nH]c3c(Cl)cccc23)C(=O)N1C(=O)Oc1ccccc1. The summed E-state index contributed by atoms with van der Waals surface area (Å²) in [6, 6.07) is 12.0. The van der Waals surface area contributed by atoms with Crippen LogP contribution in [0.5, 0.6) is 5.75 Å². The predicted molar refractivity (Wildman–Crippen MR) is 98.6 cm³/mol. The minimum absolute atomic E-state index is 0.222. The van der Waals surface area contributed by atoms with Crippen LogP contribution in [0.25, 0.3) is 10.9 Å². The van der Waals surface area contributed by atoms with E-state index >= 15 is 0 Å². The van der Waals surface area contributed by atoms with Crippen molar-refractivity contribution >= 4 is 40.5 Å². The van der Waals surface area contributed by atoms with Crippen LogP contribution in [-0.2, 0) is 11.2 Å². The van der Waals surface area contributed by atoms with Gasteiger partial charge in [-0.2, -0.15) is 4.90 Å². The number of aromatic amines is 1. The van der Waals surface area contributed by atoms with Gasteiger partial charge in [0.25, 0.3) is 5.91 Å². The molecule has 0 aliphatic carbocycles. The molecule has 1 aliphatic heterocycles. The molecule has 8 heteroatoms. The number of nitrogens with zero attached hydrogens (tertiary/aromatic N) is 1. The number of hydrogen-bond acceptors (Lipinski definition) is 4. The van der Waals surface area contributed by atoms with Crippen molar-refractivity contribution in [3.05, 3.63) is 65.3 Å². The standard InChI is InChI=1S/C19H14ClN3O4/c20-14-8-4-7-13-11(10-21-16(13)14)9-15-17(24)23(18(25)22-15)19(26)27-12-5-2-1-3-6-12/h1-8,10,15,21H,9H2,(H,22,25). The third-order valence-corrected chi connectivity index (χ3v) is 4.64. The van der Waals surface area contributed by atoms with Gasteiger partial charge in [0.15, 0.2) is 0 Å². The van der Waals surface area contributed by atoms with E-state index in [0.29, 0.717) is 9.92 Å². The zero-order valence-electron chi connectivity index (χ0n) is 13.9. The lowest BCUT2D eigenvalue weighted by Gasteiger charge is -2.11. The predicted octanol–water partition coefficient (Wildman–Crippen LogP) is 3.48. The van der Waals surface area contributed by atoms with Crippen LogP contribution in [0.3, 0.4) is 0 Å². The first-order chi connectivity index (χ1) is 13.0. The molecule has 0 saturated carbocycles. The first-order valence-electron chi connectivity index (χ1n) is 8.20. The third kappa shape index (κ3) is 3.13. The summed E-state index contributed by atoms with van der Waals surface area (Å²) in [6.07, 6.45) is 0.925. The van der Waals surface area contributed by atoms with Crippen LogP contribution < -0.4 is 10.1 Å². The molecular formula is C19H14ClN3O4. The van der Waals surface area contributed by atoms with E-state index in [9.17, 15) is 14.4 Å². The number of hydrogen-bond donors (Lipinski definition) is 2. The second kappa shape index (κ2) is 6.77. The Hall–Kier alpha value is -3.32. The number of benzene rings is 2. The van der Waals surface area contributed by atoms with E-state index in [2.05, 4.69) is 10.3 Å². The highest BCUT2D eigenvalue weighted by molar-refractivity contribution is 6.35. The Morgan fingerprint density at radius 1 is 1.11 bits per heavy atom. The van der Waals surface area contributed by atoms with Crippen molar-refractivity contribution in [1.29, 1.82) is 0 Å². The van der Waals surface area contributed by atoms with Gasteiger partial charge >= 0.3 is 12.1 Å². The fraction of sp³-hybridized carbons (Fsp3) is 0.105. The lowest BCUT2D eigenvalue weighted by molar-refractivity contribution is -0.125. The fourth-order valence-electron chi connectivity index (χ4n) is 3.04. The van der Waals surface area contributed by atoms with E-state index in [0.717, 1.165) is 16.5 Å². The van der Waals surface area contributed by atoms with Crippen LogP contribution >= 0.6 is 11.6 Å². The summed E-state index contributed by atoms with van der Waals surface area (Å²) in [7, 11) is 0. The molecule has 2 N–H and O–H groups in total. The minimum atomic E-state index is -1.03. The van der Waals surface area contributed by atoms with Gasteiger partial charge < -0.3 is 15.0 Å². The van der Waals surface area contributed by atoms with Gasteiger partial charge in [-0.15, -0.1) is 0 Å². The molecule has 4 rings (SSSR count). The fourth-order valence-corrected chi connectivity index (χ4v) is 3.27. The third-order valence-electron chi connectivity index (χ3n) is 4.32. The lowest BCUT2D eigenvalue weighted by Crippen LogP contribution is -2.39. The van der Waals surface area contributed by atoms with Crippen molar-refractivity contribution in [1.82, 2.24) is 15.2 Å². The minimum Gasteiger partial charge on any atom is -0.410 e. The molecule has 0 spiro atoms. The van der Waals surface area contributed by atoms with E-state index in [-0.39, 0.29) is 12.2 Å². The molecule has 1 atom stereocenters. The number of imide groups is 3. The van der Waals surface area contributed by atoms with Gasteiger partial charge in [-0.05, 0) is 23.8 Å². The molecule has 7 nitrogen and oxygen atoms in total. The number of fused-ring (bicyclic) bond motifs is 1. The average Bonchev–Trinajstić information content (AvgIpc) is 3.18. The van der Waals surface area contributed by atoms with E-state index in [4.69, 9.17) is 16.3 Å². The molecule has 2 heterocycles. The van der Waals surface area contributed by atoms with Crippen molar-refractivity contribution in [2.45, 2.75) is 12.5 Å². The number of aromatic nitrogens is 1. The number of amides is 4. The van der Waals surface area contributed by atoms with Crippen LogP contribution in [0, 0.1) is 0 Å². The summed E-state index contributed by atoms with van der Waals surface area (Å²) in [6.45, 7) is 0. The number of halogens is 1. The van der Waals surface area contributed by atoms with Crippen molar-refractivity contribution in [3.63, 3.8) is 0 Å². The summed E-state index contributed by atoms with van der Waals surface area (Å²) in [5.74, 6) is -0.407. The molecule has 136 valence electrons. The number of ether oxygens (including phenoxy) is 1. The normalized spacial score (nSPS) is 16.6. The van der Waals surface area contributed by atoms with Gasteiger partial charge in [-0.25, -0.2) is 9.59 Å². The topological polar surface area (TPSA) is 91.5 Å². The maximum Gasteiger partial charge on any atom is 0.430 e. The number of H-pyrrole nitrogens is 1. The number of para-hydroxylation sites is 2. The Morgan fingerprint density at radius 2 is 1.89 bits per heavy atom. The van der Waals surface area contributed by atoms with Gasteiger partial charge in [-0.3, -0.25) is 4.79 Å². The van der Waals surface area contributed by atoms with Crippen molar-refractivity contribution in [2.75, 3.05) is 0 Å². The highest BCUT2D eigenvalue weighted by Gasteiger charge is 2.43. The number of carbonyl (C=O) groups is 3. The molecular weight excluding hydrogens is 370 g/mol. The number of rotatable bonds is 3. The van der Waals surface area contributed by atoms with Crippen LogP contribution in [-0.4, -0.2) is 34.0 Å². The number of urea groups is 1. The molecule has 2 aromatic carbocycles. The second-order valence-electron chi connectivity index (χ2n) is 6.04. The van der Waals surface area contributed by atoms with Gasteiger partial charge in [0.2, 0.25) is 0 Å². The molecule has 1 fully saturated rings. The summed E-state index contributed by atoms with van der Waals surface area (Å²) in [5, 5.41) is 3.95. The Labute approximate surface area is 158 Å². The maximum absolute atomic E-state index is 12.6. The molecule has 3 aromatic rings. The molecule has 0 radical (unpaired) electrons. The monoisotopic (exact) mass is 383 g/mol. The molecule has 1 saturated heterocycles. The smallest absolute Gasteiger partial charge is 0.410 e. The van der Waals surface area contributed by atoms with Gasteiger partial charge in [0.05, 0.1) is 10.5 Å². The van der Waals surface area contributed by atoms with Crippen LogP contribution in [0.15, 0.2) is 54.7 Å². The molecule has 1 unspecified atom stereocenters. The number of nitrogens with one attached hydrogen (secondary N) is 2. The van der Waals surface area contributed by atoms with E-state index < -0.39 is 24.1 Å². The first-order valence-corrected chi connectivity index (χ1v) is 8.58. The Balaban J connectivity index is 1.52. The lowest BCUT2D eigenvalue weighted by atomic mass is 10.1. The highest BCUT2D eigenvalue weighted by Crippen LogP contribution is 2.27. The quantitative estimate of drug-likeness (QED) is 0.677. The maximum atomic E-state index is 12.6. The van der Waals surface area contributed by atoms with Crippen LogP contribution in [0.1, 0.15) is 5.56 Å². The molecule has 4 amide bonds. The molecule has 0 bridgehead atoms. The largest absolute Gasteiger partial charge is 0.430 e. The Morgan fingerprint density at radius 3 is 2.67 bits per heavy atom. The summed E-state index contributed by atoms with van der Waals surface area (Å²) in [4.78, 5) is 40.5. The van der Waals surface area contributed by atoms with Gasteiger partial charge in [-0.1, -0.05) is 41.9 Å². The van der Waals surface area contributed by atoms with E-state index in [1.165, 1.54) is 0 Å². The van der Waals surface area contributed by atoms with Crippen LogP contribution in [0.2, 0.25) is 5.02 Å². The highest BCUT2D eigenvalue weighted by atomic mass is 35.5. The second-order valence-corrected chi connectivity index (χ2v) is 6.44. The Kier molecular flexibility index (Phi) is 4.29. The van der Waals surface area contributed by atoms with Crippen LogP contribution in [0.4, 0.5) is 9.59 Å². The summed E-state index contributed by atoms with van der Waals surface area (Å²) < 4.78 is 5.09. The van der Waals surface area contributed by atoms with Gasteiger partial charge in [0, 0.05) is 18.0 Å². The summed E-state index contributed by atoms with van der Waals surface area (Å²) in [5.41, 5.74) is 1.57. The van der Waals surface area contributed by atoms with Crippen molar-refractivity contribution < 1.29 is 19.1 Å². The first kappa shape index (κ1) is 17.1. The zero-order chi connectivity index (χ0) is 19.0. The Bertz CT molecular complexity index is 1050. The van der Waals surface area contributed by atoms with Crippen molar-refractivity contribution in [2.24, 2.45) is 0 Å². The number of carbonyl (C=O) groups excluding carboxylic acids is 3. The zero-order valence-corrected chi connectivity index (χ0v) is 14.7. The molecule has 27 heavy (non-hydrogen) atoms.